The van der Waals surface area contributed by atoms with E-state index < -0.39 is 38.4 Å². The molecule has 1 fully saturated rings. The lowest BCUT2D eigenvalue weighted by atomic mass is 9.94. The van der Waals surface area contributed by atoms with Crippen molar-refractivity contribution in [2.45, 2.75) is 43.3 Å². The van der Waals surface area contributed by atoms with E-state index in [4.69, 9.17) is 16.3 Å². The standard InChI is InChI=1S/C24H27ClF3NO4S/c1-13(12-33-3)8-15-5-4-14(2)23(15)34(31,32)21-9-16(6-7-18(21)25)24(30)29-17-10-19(26)22(28)20(27)11-17/h6-7,9-11,13-15,23H,4-5,8,12H2,1-3H3,(H,29,30). The van der Waals surface area contributed by atoms with Gasteiger partial charge in [0.2, 0.25) is 0 Å². The molecule has 1 N–H and O–H groups in total. The highest BCUT2D eigenvalue weighted by molar-refractivity contribution is 7.92. The summed E-state index contributed by atoms with van der Waals surface area (Å²) in [5.41, 5.74) is -0.375. The van der Waals surface area contributed by atoms with Crippen molar-refractivity contribution in [3.8, 4) is 0 Å². The van der Waals surface area contributed by atoms with Crippen molar-refractivity contribution in [2.24, 2.45) is 17.8 Å². The maximum absolute atomic E-state index is 13.7. The van der Waals surface area contributed by atoms with Crippen LogP contribution in [-0.4, -0.2) is 33.3 Å². The molecule has 0 bridgehead atoms. The average Bonchev–Trinajstić information content (AvgIpc) is 3.12. The van der Waals surface area contributed by atoms with E-state index in [-0.39, 0.29) is 38.9 Å². The van der Waals surface area contributed by atoms with Crippen LogP contribution in [0.3, 0.4) is 0 Å². The maximum atomic E-state index is 13.7. The SMILES string of the molecule is COCC(C)CC1CCC(C)C1S(=O)(=O)c1cc(C(=O)Nc2cc(F)c(F)c(F)c2)ccc1Cl. The fourth-order valence-corrected chi connectivity index (χ4v) is 7.66. The summed E-state index contributed by atoms with van der Waals surface area (Å²) >= 11 is 6.26. The lowest BCUT2D eigenvalue weighted by molar-refractivity contribution is 0.102. The van der Waals surface area contributed by atoms with Gasteiger partial charge in [0.1, 0.15) is 0 Å². The van der Waals surface area contributed by atoms with Crippen LogP contribution in [0, 0.1) is 35.2 Å². The Morgan fingerprint density at radius 1 is 1.18 bits per heavy atom. The molecular formula is C24H27ClF3NO4S. The van der Waals surface area contributed by atoms with Gasteiger partial charge in [-0.1, -0.05) is 25.4 Å². The summed E-state index contributed by atoms with van der Waals surface area (Å²) in [6.45, 7) is 4.43. The molecule has 0 aliphatic heterocycles. The molecule has 4 unspecified atom stereocenters. The number of rotatable bonds is 8. The fourth-order valence-electron chi connectivity index (χ4n) is 4.79. The predicted molar refractivity (Wildman–Crippen MR) is 124 cm³/mol. The lowest BCUT2D eigenvalue weighted by Crippen LogP contribution is -2.32. The topological polar surface area (TPSA) is 72.5 Å². The molecular weight excluding hydrogens is 491 g/mol. The second-order valence-corrected chi connectivity index (χ2v) is 11.5. The van der Waals surface area contributed by atoms with Gasteiger partial charge >= 0.3 is 0 Å². The molecule has 1 amide bonds. The van der Waals surface area contributed by atoms with Crippen LogP contribution < -0.4 is 5.32 Å². The average molecular weight is 518 g/mol. The van der Waals surface area contributed by atoms with E-state index in [1.807, 2.05) is 13.8 Å². The quantitative estimate of drug-likeness (QED) is 0.444. The fraction of sp³-hybridized carbons (Fsp3) is 0.458. The minimum atomic E-state index is -3.90. The van der Waals surface area contributed by atoms with Crippen LogP contribution in [0.4, 0.5) is 18.9 Å². The molecule has 1 aliphatic carbocycles. The molecule has 34 heavy (non-hydrogen) atoms. The zero-order valence-electron chi connectivity index (χ0n) is 19.1. The van der Waals surface area contributed by atoms with Crippen LogP contribution in [-0.2, 0) is 14.6 Å². The van der Waals surface area contributed by atoms with Gasteiger partial charge in [0, 0.05) is 37.1 Å². The molecule has 1 saturated carbocycles. The lowest BCUT2D eigenvalue weighted by Gasteiger charge is -2.26. The van der Waals surface area contributed by atoms with Gasteiger partial charge in [0.25, 0.3) is 5.91 Å². The summed E-state index contributed by atoms with van der Waals surface area (Å²) in [5, 5.41) is 1.58. The molecule has 0 spiro atoms. The van der Waals surface area contributed by atoms with Crippen LogP contribution >= 0.6 is 11.6 Å². The summed E-state index contributed by atoms with van der Waals surface area (Å²) in [6.07, 6.45) is 2.20. The number of hydrogen-bond donors (Lipinski definition) is 1. The Bertz CT molecular complexity index is 1150. The van der Waals surface area contributed by atoms with Crippen molar-refractivity contribution in [3.05, 3.63) is 58.4 Å². The molecule has 186 valence electrons. The normalized spacial score (nSPS) is 21.4. The van der Waals surface area contributed by atoms with E-state index in [0.717, 1.165) is 12.8 Å². The molecule has 4 atom stereocenters. The Hall–Kier alpha value is -2.10. The van der Waals surface area contributed by atoms with Crippen molar-refractivity contribution in [2.75, 3.05) is 19.0 Å². The first kappa shape index (κ1) is 26.5. The molecule has 0 heterocycles. The van der Waals surface area contributed by atoms with Gasteiger partial charge in [-0.05, 0) is 55.2 Å². The molecule has 5 nitrogen and oxygen atoms in total. The molecule has 2 aromatic carbocycles. The maximum Gasteiger partial charge on any atom is 0.255 e. The van der Waals surface area contributed by atoms with Crippen LogP contribution in [0.15, 0.2) is 35.2 Å². The van der Waals surface area contributed by atoms with Gasteiger partial charge in [-0.25, -0.2) is 21.6 Å². The number of ether oxygens (including phenoxy) is 1. The van der Waals surface area contributed by atoms with E-state index in [9.17, 15) is 26.4 Å². The Labute approximate surface area is 202 Å². The Morgan fingerprint density at radius 2 is 1.82 bits per heavy atom. The van der Waals surface area contributed by atoms with Crippen LogP contribution in [0.25, 0.3) is 0 Å². The van der Waals surface area contributed by atoms with E-state index in [2.05, 4.69) is 5.32 Å². The zero-order chi connectivity index (χ0) is 25.2. The summed E-state index contributed by atoms with van der Waals surface area (Å²) in [5.74, 6) is -5.38. The smallest absolute Gasteiger partial charge is 0.255 e. The second-order valence-electron chi connectivity index (χ2n) is 8.97. The third-order valence-electron chi connectivity index (χ3n) is 6.27. The second kappa shape index (κ2) is 10.7. The van der Waals surface area contributed by atoms with Crippen LogP contribution in [0.5, 0.6) is 0 Å². The number of carbonyl (C=O) groups excluding carboxylic acids is 1. The highest BCUT2D eigenvalue weighted by Gasteiger charge is 2.44. The van der Waals surface area contributed by atoms with Gasteiger partial charge < -0.3 is 10.1 Å². The highest BCUT2D eigenvalue weighted by Crippen LogP contribution is 2.43. The Kier molecular flexibility index (Phi) is 8.31. The summed E-state index contributed by atoms with van der Waals surface area (Å²) in [6, 6.07) is 5.05. The molecule has 2 aromatic rings. The molecule has 10 heteroatoms. The third kappa shape index (κ3) is 5.58. The number of amides is 1. The molecule has 1 aliphatic rings. The largest absolute Gasteiger partial charge is 0.384 e. The van der Waals surface area contributed by atoms with Gasteiger partial charge in [-0.3, -0.25) is 4.79 Å². The number of nitrogens with one attached hydrogen (secondary N) is 1. The summed E-state index contributed by atoms with van der Waals surface area (Å²) < 4.78 is 72.7. The number of benzene rings is 2. The number of carbonyl (C=O) groups is 1. The first-order valence-corrected chi connectivity index (χ1v) is 12.9. The molecule has 0 saturated heterocycles. The minimum absolute atomic E-state index is 0.0155. The van der Waals surface area contributed by atoms with Crippen LogP contribution in [0.2, 0.25) is 5.02 Å². The van der Waals surface area contributed by atoms with Crippen LogP contribution in [0.1, 0.15) is 43.5 Å². The highest BCUT2D eigenvalue weighted by atomic mass is 35.5. The van der Waals surface area contributed by atoms with Gasteiger partial charge in [-0.2, -0.15) is 0 Å². The van der Waals surface area contributed by atoms with E-state index in [1.165, 1.54) is 18.2 Å². The number of hydrogen-bond acceptors (Lipinski definition) is 4. The van der Waals surface area contributed by atoms with Crippen molar-refractivity contribution >= 4 is 33.0 Å². The van der Waals surface area contributed by atoms with Gasteiger partial charge in [-0.15, -0.1) is 0 Å². The Balaban J connectivity index is 1.90. The third-order valence-corrected chi connectivity index (χ3v) is 9.23. The van der Waals surface area contributed by atoms with E-state index in [1.54, 1.807) is 7.11 Å². The van der Waals surface area contributed by atoms with E-state index in [0.29, 0.717) is 25.2 Å². The summed E-state index contributed by atoms with van der Waals surface area (Å²) in [7, 11) is -2.29. The number of halogens is 4. The van der Waals surface area contributed by atoms with Crippen molar-refractivity contribution < 1.29 is 31.1 Å². The van der Waals surface area contributed by atoms with Crippen molar-refractivity contribution in [1.29, 1.82) is 0 Å². The Morgan fingerprint density at radius 3 is 2.44 bits per heavy atom. The molecule has 3 rings (SSSR count). The number of anilines is 1. The van der Waals surface area contributed by atoms with Crippen molar-refractivity contribution in [1.82, 2.24) is 0 Å². The first-order chi connectivity index (χ1) is 15.9. The predicted octanol–water partition coefficient (Wildman–Crippen LogP) is 5.87. The van der Waals surface area contributed by atoms with Gasteiger partial charge in [0.05, 0.1) is 15.2 Å². The number of methoxy groups -OCH3 is 1. The van der Waals surface area contributed by atoms with Gasteiger partial charge in [0.15, 0.2) is 27.3 Å². The van der Waals surface area contributed by atoms with Crippen molar-refractivity contribution in [3.63, 3.8) is 0 Å². The van der Waals surface area contributed by atoms with E-state index >= 15 is 0 Å². The first-order valence-electron chi connectivity index (χ1n) is 10.9. The summed E-state index contributed by atoms with van der Waals surface area (Å²) in [4.78, 5) is 12.5. The molecule has 0 radical (unpaired) electrons. The monoisotopic (exact) mass is 517 g/mol. The minimum Gasteiger partial charge on any atom is -0.384 e. The number of sulfone groups is 1. The molecule has 0 aromatic heterocycles. The zero-order valence-corrected chi connectivity index (χ0v) is 20.7.